The third-order valence-corrected chi connectivity index (χ3v) is 7.55. The molecule has 2 aromatic heterocycles. The Morgan fingerprint density at radius 2 is 2.06 bits per heavy atom. The van der Waals surface area contributed by atoms with Crippen LogP contribution in [-0.4, -0.2) is 57.9 Å². The Kier molecular flexibility index (Phi) is 5.29. The molecule has 6 rings (SSSR count). The summed E-state index contributed by atoms with van der Waals surface area (Å²) in [5.41, 5.74) is 4.85. The van der Waals surface area contributed by atoms with Gasteiger partial charge >= 0.3 is 0 Å². The van der Waals surface area contributed by atoms with E-state index in [4.69, 9.17) is 4.74 Å². The smallest absolute Gasteiger partial charge is 0.129 e. The van der Waals surface area contributed by atoms with Gasteiger partial charge in [0.2, 0.25) is 0 Å². The zero-order valence-electron chi connectivity index (χ0n) is 19.4. The van der Waals surface area contributed by atoms with E-state index in [0.29, 0.717) is 0 Å². The minimum atomic E-state index is 0.227. The molecule has 7 nitrogen and oxygen atoms in total. The summed E-state index contributed by atoms with van der Waals surface area (Å²) in [6, 6.07) is 13.0. The van der Waals surface area contributed by atoms with Crippen LogP contribution in [0.3, 0.4) is 0 Å². The molecule has 0 radical (unpaired) electrons. The van der Waals surface area contributed by atoms with E-state index in [9.17, 15) is 0 Å². The van der Waals surface area contributed by atoms with Crippen molar-refractivity contribution in [2.75, 3.05) is 36.0 Å². The van der Waals surface area contributed by atoms with E-state index in [1.807, 2.05) is 16.9 Å². The first-order chi connectivity index (χ1) is 16.2. The molecule has 5 heterocycles. The van der Waals surface area contributed by atoms with E-state index < -0.39 is 0 Å². The van der Waals surface area contributed by atoms with Crippen molar-refractivity contribution in [2.45, 2.75) is 57.2 Å². The van der Waals surface area contributed by atoms with Crippen molar-refractivity contribution in [1.82, 2.24) is 20.0 Å². The highest BCUT2D eigenvalue weighted by Gasteiger charge is 2.50. The quantitative estimate of drug-likeness (QED) is 0.591. The number of aryl methyl sites for hydroxylation is 1. The molecule has 3 fully saturated rings. The maximum atomic E-state index is 5.86. The van der Waals surface area contributed by atoms with Gasteiger partial charge in [0.15, 0.2) is 0 Å². The van der Waals surface area contributed by atoms with Crippen molar-refractivity contribution < 1.29 is 4.74 Å². The van der Waals surface area contributed by atoms with Gasteiger partial charge in [0.05, 0.1) is 24.4 Å². The fraction of sp³-hybridized carbons (Fsp3) is 0.500. The summed E-state index contributed by atoms with van der Waals surface area (Å²) in [7, 11) is 0. The van der Waals surface area contributed by atoms with Gasteiger partial charge < -0.3 is 14.5 Å². The Hall–Kier alpha value is -2.93. The Bertz CT molecular complexity index is 1100. The van der Waals surface area contributed by atoms with Crippen LogP contribution in [0.25, 0.3) is 11.3 Å². The van der Waals surface area contributed by atoms with Gasteiger partial charge in [-0.2, -0.15) is 0 Å². The predicted octanol–water partition coefficient (Wildman–Crippen LogP) is 4.08. The normalized spacial score (nSPS) is 22.0. The number of hydrogen-bond donors (Lipinski definition) is 0. The fourth-order valence-electron chi connectivity index (χ4n) is 5.79. The molecule has 0 N–H and O–H groups in total. The van der Waals surface area contributed by atoms with Crippen LogP contribution in [0.15, 0.2) is 48.8 Å². The average Bonchev–Trinajstić information content (AvgIpc) is 3.47. The number of aromatic nitrogens is 4. The van der Waals surface area contributed by atoms with E-state index in [1.165, 1.54) is 36.9 Å². The molecule has 1 spiro atoms. The standard InChI is InChI=1S/C26H32N6O/c1-20-15-21(30-18-26(19-30)11-6-13-32(26)25-8-2-4-12-27-25)9-10-23(20)24-17-31(29-28-24)16-22-7-3-5-14-33-22/h2,4,8-10,12,15,17,22H,3,5-7,11,13-14,16,18-19H2,1H3. The number of pyridine rings is 1. The van der Waals surface area contributed by atoms with Gasteiger partial charge in [0.25, 0.3) is 0 Å². The first-order valence-electron chi connectivity index (χ1n) is 12.3. The van der Waals surface area contributed by atoms with Crippen molar-refractivity contribution in [3.8, 4) is 11.3 Å². The van der Waals surface area contributed by atoms with Gasteiger partial charge in [-0.1, -0.05) is 17.3 Å². The predicted molar refractivity (Wildman–Crippen MR) is 130 cm³/mol. The van der Waals surface area contributed by atoms with Gasteiger partial charge in [0, 0.05) is 43.7 Å². The lowest BCUT2D eigenvalue weighted by atomic mass is 9.86. The molecule has 0 bridgehead atoms. The highest BCUT2D eigenvalue weighted by atomic mass is 16.5. The lowest BCUT2D eigenvalue weighted by Gasteiger charge is -2.54. The Morgan fingerprint density at radius 1 is 1.12 bits per heavy atom. The van der Waals surface area contributed by atoms with Crippen molar-refractivity contribution in [2.24, 2.45) is 0 Å². The Balaban J connectivity index is 1.14. The van der Waals surface area contributed by atoms with E-state index in [2.05, 4.69) is 68.5 Å². The molecule has 0 saturated carbocycles. The highest BCUT2D eigenvalue weighted by molar-refractivity contribution is 5.68. The van der Waals surface area contributed by atoms with Gasteiger partial charge in [-0.15, -0.1) is 5.10 Å². The highest BCUT2D eigenvalue weighted by Crippen LogP contribution is 2.42. The van der Waals surface area contributed by atoms with Crippen LogP contribution in [0.4, 0.5) is 11.5 Å². The molecule has 0 amide bonds. The summed E-state index contributed by atoms with van der Waals surface area (Å²) < 4.78 is 7.79. The van der Waals surface area contributed by atoms with Crippen molar-refractivity contribution >= 4 is 11.5 Å². The third-order valence-electron chi connectivity index (χ3n) is 7.55. The molecule has 3 aliphatic heterocycles. The zero-order valence-corrected chi connectivity index (χ0v) is 19.4. The average molecular weight is 445 g/mol. The molecule has 1 aromatic carbocycles. The fourth-order valence-corrected chi connectivity index (χ4v) is 5.79. The van der Waals surface area contributed by atoms with Crippen LogP contribution in [0, 0.1) is 6.92 Å². The largest absolute Gasteiger partial charge is 0.376 e. The first-order valence-corrected chi connectivity index (χ1v) is 12.3. The molecular formula is C26H32N6O. The lowest BCUT2D eigenvalue weighted by Crippen LogP contribution is -2.68. The van der Waals surface area contributed by atoms with Gasteiger partial charge in [-0.25, -0.2) is 9.67 Å². The van der Waals surface area contributed by atoms with Crippen molar-refractivity contribution in [3.05, 3.63) is 54.4 Å². The molecule has 3 aliphatic rings. The van der Waals surface area contributed by atoms with Crippen LogP contribution in [0.2, 0.25) is 0 Å². The topological polar surface area (TPSA) is 59.3 Å². The number of ether oxygens (including phenoxy) is 1. The molecule has 3 aromatic rings. The Morgan fingerprint density at radius 3 is 2.85 bits per heavy atom. The molecule has 33 heavy (non-hydrogen) atoms. The molecule has 3 saturated heterocycles. The number of rotatable bonds is 5. The molecule has 0 aliphatic carbocycles. The number of nitrogens with zero attached hydrogens (tertiary/aromatic N) is 6. The maximum Gasteiger partial charge on any atom is 0.129 e. The molecule has 172 valence electrons. The van der Waals surface area contributed by atoms with E-state index in [1.54, 1.807) is 0 Å². The van der Waals surface area contributed by atoms with Gasteiger partial charge in [-0.05, 0) is 68.9 Å². The molecule has 1 unspecified atom stereocenters. The van der Waals surface area contributed by atoms with Crippen molar-refractivity contribution in [3.63, 3.8) is 0 Å². The monoisotopic (exact) mass is 444 g/mol. The summed E-state index contributed by atoms with van der Waals surface area (Å²) in [5, 5.41) is 8.82. The van der Waals surface area contributed by atoms with Crippen LogP contribution >= 0.6 is 0 Å². The zero-order chi connectivity index (χ0) is 22.3. The third kappa shape index (κ3) is 3.88. The van der Waals surface area contributed by atoms with E-state index in [0.717, 1.165) is 56.3 Å². The molecule has 1 atom stereocenters. The summed E-state index contributed by atoms with van der Waals surface area (Å²) in [6.45, 7) is 7.04. The Labute approximate surface area is 195 Å². The summed E-state index contributed by atoms with van der Waals surface area (Å²) >= 11 is 0. The minimum absolute atomic E-state index is 0.227. The van der Waals surface area contributed by atoms with E-state index in [-0.39, 0.29) is 11.6 Å². The minimum Gasteiger partial charge on any atom is -0.376 e. The second kappa shape index (κ2) is 8.45. The SMILES string of the molecule is Cc1cc(N2CC3(CCCN3c3ccccn3)C2)ccc1-c1cn(CC2CCCCO2)nn1. The van der Waals surface area contributed by atoms with E-state index >= 15 is 0 Å². The lowest BCUT2D eigenvalue weighted by molar-refractivity contribution is 0.00370. The molecular weight excluding hydrogens is 412 g/mol. The van der Waals surface area contributed by atoms with Crippen molar-refractivity contribution in [1.29, 1.82) is 0 Å². The van der Waals surface area contributed by atoms with Gasteiger partial charge in [-0.3, -0.25) is 0 Å². The second-order valence-electron chi connectivity index (χ2n) is 9.84. The second-order valence-corrected chi connectivity index (χ2v) is 9.84. The number of benzene rings is 1. The molecule has 7 heteroatoms. The summed E-state index contributed by atoms with van der Waals surface area (Å²) in [6.07, 6.45) is 10.2. The van der Waals surface area contributed by atoms with Crippen LogP contribution in [0.1, 0.15) is 37.7 Å². The van der Waals surface area contributed by atoms with Gasteiger partial charge in [0.1, 0.15) is 11.5 Å². The summed E-state index contributed by atoms with van der Waals surface area (Å²) in [5.74, 6) is 1.11. The maximum absolute atomic E-state index is 5.86. The van der Waals surface area contributed by atoms with Crippen LogP contribution in [0.5, 0.6) is 0 Å². The van der Waals surface area contributed by atoms with Crippen LogP contribution in [-0.2, 0) is 11.3 Å². The number of anilines is 2. The van der Waals surface area contributed by atoms with Crippen LogP contribution < -0.4 is 9.80 Å². The first kappa shape index (κ1) is 20.7. The summed E-state index contributed by atoms with van der Waals surface area (Å²) in [4.78, 5) is 9.64. The number of hydrogen-bond acceptors (Lipinski definition) is 6.